The summed E-state index contributed by atoms with van der Waals surface area (Å²) in [6, 6.07) is 5.11. The first-order valence-electron chi connectivity index (χ1n) is 4.59. The second-order valence-corrected chi connectivity index (χ2v) is 5.63. The number of aromatic nitrogens is 1. The van der Waals surface area contributed by atoms with Crippen LogP contribution in [0.1, 0.15) is 6.92 Å². The van der Waals surface area contributed by atoms with Crippen molar-refractivity contribution < 1.29 is 8.42 Å². The Kier molecular flexibility index (Phi) is 3.65. The summed E-state index contributed by atoms with van der Waals surface area (Å²) in [6.07, 6.45) is 1.55. The fourth-order valence-electron chi connectivity index (χ4n) is 1.06. The third kappa shape index (κ3) is 2.45. The molecule has 6 heteroatoms. The Morgan fingerprint density at radius 2 is 2.20 bits per heavy atom. The van der Waals surface area contributed by atoms with Gasteiger partial charge in [-0.25, -0.2) is 13.4 Å². The molecule has 5 nitrogen and oxygen atoms in total. The lowest BCUT2D eigenvalue weighted by atomic mass is 10.5. The van der Waals surface area contributed by atoms with Gasteiger partial charge in [-0.2, -0.15) is 0 Å². The van der Waals surface area contributed by atoms with Gasteiger partial charge in [-0.3, -0.25) is 4.31 Å². The molecule has 0 spiro atoms. The van der Waals surface area contributed by atoms with Crippen molar-refractivity contribution >= 4 is 15.8 Å². The number of anilines is 1. The summed E-state index contributed by atoms with van der Waals surface area (Å²) in [5.41, 5.74) is 5.35. The fraction of sp³-hybridized carbons (Fsp3) is 0.444. The summed E-state index contributed by atoms with van der Waals surface area (Å²) in [4.78, 5) is 3.97. The van der Waals surface area contributed by atoms with Crippen LogP contribution in [0.2, 0.25) is 0 Å². The van der Waals surface area contributed by atoms with Crippen LogP contribution in [0.25, 0.3) is 0 Å². The third-order valence-corrected chi connectivity index (χ3v) is 4.35. The van der Waals surface area contributed by atoms with Crippen LogP contribution in [-0.2, 0) is 10.0 Å². The van der Waals surface area contributed by atoms with Gasteiger partial charge in [-0.1, -0.05) is 6.07 Å². The molecule has 0 amide bonds. The maximum Gasteiger partial charge on any atom is 0.239 e. The lowest BCUT2D eigenvalue weighted by molar-refractivity contribution is 0.582. The predicted molar refractivity (Wildman–Crippen MR) is 60.1 cm³/mol. The van der Waals surface area contributed by atoms with Crippen molar-refractivity contribution in [2.24, 2.45) is 5.73 Å². The second kappa shape index (κ2) is 4.59. The van der Waals surface area contributed by atoms with Crippen LogP contribution in [0.3, 0.4) is 0 Å². The van der Waals surface area contributed by atoms with E-state index in [1.807, 2.05) is 0 Å². The SMILES string of the molecule is CC(CN)S(=O)(=O)N(C)c1ccccn1. The van der Waals surface area contributed by atoms with Crippen molar-refractivity contribution in [1.82, 2.24) is 4.98 Å². The molecule has 2 N–H and O–H groups in total. The summed E-state index contributed by atoms with van der Waals surface area (Å²) in [7, 11) is -1.92. The van der Waals surface area contributed by atoms with Gasteiger partial charge in [0.05, 0.1) is 5.25 Å². The molecular formula is C9H15N3O2S. The van der Waals surface area contributed by atoms with E-state index in [9.17, 15) is 8.42 Å². The summed E-state index contributed by atoms with van der Waals surface area (Å²) < 4.78 is 24.9. The van der Waals surface area contributed by atoms with Crippen LogP contribution in [0.5, 0.6) is 0 Å². The number of sulfonamides is 1. The summed E-state index contributed by atoms with van der Waals surface area (Å²) in [6.45, 7) is 1.67. The monoisotopic (exact) mass is 229 g/mol. The quantitative estimate of drug-likeness (QED) is 0.800. The summed E-state index contributed by atoms with van der Waals surface area (Å²) >= 11 is 0. The van der Waals surface area contributed by atoms with Gasteiger partial charge in [0.1, 0.15) is 5.82 Å². The van der Waals surface area contributed by atoms with Gasteiger partial charge in [0.15, 0.2) is 0 Å². The summed E-state index contributed by atoms with van der Waals surface area (Å²) in [5, 5.41) is -0.607. The molecule has 1 atom stereocenters. The molecule has 0 aliphatic carbocycles. The van der Waals surface area contributed by atoms with Crippen molar-refractivity contribution in [3.05, 3.63) is 24.4 Å². The molecule has 0 fully saturated rings. The van der Waals surface area contributed by atoms with Gasteiger partial charge in [0.2, 0.25) is 10.0 Å². The first-order valence-corrected chi connectivity index (χ1v) is 6.09. The Labute approximate surface area is 90.0 Å². The lowest BCUT2D eigenvalue weighted by Gasteiger charge is -2.21. The largest absolute Gasteiger partial charge is 0.329 e. The van der Waals surface area contributed by atoms with Gasteiger partial charge >= 0.3 is 0 Å². The Bertz CT molecular complexity index is 405. The maximum absolute atomic E-state index is 11.9. The normalized spacial score (nSPS) is 13.5. The van der Waals surface area contributed by atoms with Crippen LogP contribution in [0, 0.1) is 0 Å². The van der Waals surface area contributed by atoms with Crippen molar-refractivity contribution in [3.8, 4) is 0 Å². The maximum atomic E-state index is 11.9. The van der Waals surface area contributed by atoms with Crippen molar-refractivity contribution in [3.63, 3.8) is 0 Å². The highest BCUT2D eigenvalue weighted by atomic mass is 32.2. The molecule has 0 radical (unpaired) electrons. The highest BCUT2D eigenvalue weighted by Crippen LogP contribution is 2.14. The van der Waals surface area contributed by atoms with E-state index in [1.54, 1.807) is 31.3 Å². The van der Waals surface area contributed by atoms with E-state index < -0.39 is 15.3 Å². The zero-order valence-electron chi connectivity index (χ0n) is 8.79. The number of hydrogen-bond donors (Lipinski definition) is 1. The molecule has 0 aliphatic heterocycles. The zero-order chi connectivity index (χ0) is 11.5. The number of nitrogens with two attached hydrogens (primary N) is 1. The van der Waals surface area contributed by atoms with E-state index in [0.29, 0.717) is 5.82 Å². The average Bonchev–Trinajstić information content (AvgIpc) is 2.28. The van der Waals surface area contributed by atoms with Gasteiger partial charge in [-0.15, -0.1) is 0 Å². The fourth-order valence-corrected chi connectivity index (χ4v) is 2.21. The number of pyridine rings is 1. The van der Waals surface area contributed by atoms with Crippen LogP contribution < -0.4 is 10.0 Å². The van der Waals surface area contributed by atoms with E-state index in [1.165, 1.54) is 7.05 Å². The van der Waals surface area contributed by atoms with E-state index in [0.717, 1.165) is 4.31 Å². The molecule has 1 unspecified atom stereocenters. The van der Waals surface area contributed by atoms with Crippen LogP contribution in [-0.4, -0.2) is 32.2 Å². The molecule has 0 aliphatic rings. The highest BCUT2D eigenvalue weighted by Gasteiger charge is 2.25. The molecule has 0 saturated heterocycles. The first-order chi connectivity index (χ1) is 7.00. The second-order valence-electron chi connectivity index (χ2n) is 3.25. The van der Waals surface area contributed by atoms with E-state index in [-0.39, 0.29) is 6.54 Å². The molecule has 1 aromatic heterocycles. The molecule has 84 valence electrons. The van der Waals surface area contributed by atoms with E-state index >= 15 is 0 Å². The van der Waals surface area contributed by atoms with Gasteiger partial charge < -0.3 is 5.73 Å². The predicted octanol–water partition coefficient (Wildman–Crippen LogP) is 0.195. The molecular weight excluding hydrogens is 214 g/mol. The van der Waals surface area contributed by atoms with E-state index in [4.69, 9.17) is 5.73 Å². The van der Waals surface area contributed by atoms with Crippen LogP contribution >= 0.6 is 0 Å². The van der Waals surface area contributed by atoms with Crippen molar-refractivity contribution in [1.29, 1.82) is 0 Å². The van der Waals surface area contributed by atoms with Crippen LogP contribution in [0.4, 0.5) is 5.82 Å². The van der Waals surface area contributed by atoms with E-state index in [2.05, 4.69) is 4.98 Å². The van der Waals surface area contributed by atoms with Crippen molar-refractivity contribution in [2.75, 3.05) is 17.9 Å². The minimum atomic E-state index is -3.40. The topological polar surface area (TPSA) is 76.3 Å². The molecule has 1 rings (SSSR count). The molecule has 1 heterocycles. The minimum Gasteiger partial charge on any atom is -0.329 e. The molecule has 0 bridgehead atoms. The van der Waals surface area contributed by atoms with Gasteiger partial charge in [-0.05, 0) is 19.1 Å². The molecule has 0 saturated carbocycles. The zero-order valence-corrected chi connectivity index (χ0v) is 9.61. The number of nitrogens with zero attached hydrogens (tertiary/aromatic N) is 2. The highest BCUT2D eigenvalue weighted by molar-refractivity contribution is 7.93. The Hall–Kier alpha value is -1.14. The molecule has 15 heavy (non-hydrogen) atoms. The number of hydrogen-bond acceptors (Lipinski definition) is 4. The average molecular weight is 229 g/mol. The Morgan fingerprint density at radius 3 is 2.67 bits per heavy atom. The van der Waals surface area contributed by atoms with Gasteiger partial charge in [0, 0.05) is 19.8 Å². The Morgan fingerprint density at radius 1 is 1.53 bits per heavy atom. The first kappa shape index (κ1) is 11.9. The lowest BCUT2D eigenvalue weighted by Crippen LogP contribution is -2.38. The minimum absolute atomic E-state index is 0.0967. The Balaban J connectivity index is 3.00. The van der Waals surface area contributed by atoms with Gasteiger partial charge in [0.25, 0.3) is 0 Å². The summed E-state index contributed by atoms with van der Waals surface area (Å²) in [5.74, 6) is 0.401. The smallest absolute Gasteiger partial charge is 0.239 e. The molecule has 1 aromatic rings. The third-order valence-electron chi connectivity index (χ3n) is 2.19. The standard InChI is InChI=1S/C9H15N3O2S/c1-8(7-10)15(13,14)12(2)9-5-3-4-6-11-9/h3-6,8H,7,10H2,1-2H3. The molecule has 0 aromatic carbocycles. The number of rotatable bonds is 4. The van der Waals surface area contributed by atoms with Crippen LogP contribution in [0.15, 0.2) is 24.4 Å². The van der Waals surface area contributed by atoms with Crippen molar-refractivity contribution in [2.45, 2.75) is 12.2 Å².